The van der Waals surface area contributed by atoms with Crippen molar-refractivity contribution in [1.29, 1.82) is 0 Å². The van der Waals surface area contributed by atoms with Crippen LogP contribution in [0.2, 0.25) is 0 Å². The normalized spacial score (nSPS) is 19.0. The zero-order chi connectivity index (χ0) is 13.3. The topological polar surface area (TPSA) is 89.5 Å². The molecule has 1 amide bonds. The summed E-state index contributed by atoms with van der Waals surface area (Å²) in [4.78, 5) is 24.1. The van der Waals surface area contributed by atoms with Gasteiger partial charge in [0.05, 0.1) is 4.92 Å². The second-order valence-corrected chi connectivity index (χ2v) is 4.56. The highest BCUT2D eigenvalue weighted by Crippen LogP contribution is 2.21. The van der Waals surface area contributed by atoms with Gasteiger partial charge in [-0.05, 0) is 19.4 Å². The van der Waals surface area contributed by atoms with Crippen molar-refractivity contribution in [3.8, 4) is 0 Å². The van der Waals surface area contributed by atoms with E-state index >= 15 is 0 Å². The number of carbonyl (C=O) groups excluding carboxylic acids is 1. The van der Waals surface area contributed by atoms with Crippen molar-refractivity contribution in [2.45, 2.75) is 19.4 Å². The molecule has 2 rings (SSSR count). The lowest BCUT2D eigenvalue weighted by Crippen LogP contribution is -2.31. The summed E-state index contributed by atoms with van der Waals surface area (Å²) in [7, 11) is 0. The van der Waals surface area contributed by atoms with Gasteiger partial charge in [0.15, 0.2) is 0 Å². The minimum atomic E-state index is -0.470. The standard InChI is InChI=1S/C12H15N3O3/c1-8-2-3-9(6-11(8)15(17)18)12(16)14-5-4-10(13)7-14/h2-3,6,10H,4-5,7,13H2,1H3. The zero-order valence-electron chi connectivity index (χ0n) is 10.1. The van der Waals surface area contributed by atoms with Gasteiger partial charge in [0.1, 0.15) is 0 Å². The van der Waals surface area contributed by atoms with Gasteiger partial charge in [0.25, 0.3) is 11.6 Å². The first-order valence-corrected chi connectivity index (χ1v) is 5.79. The van der Waals surface area contributed by atoms with E-state index in [1.54, 1.807) is 24.0 Å². The van der Waals surface area contributed by atoms with Crippen LogP contribution in [0, 0.1) is 17.0 Å². The number of nitro benzene ring substituents is 1. The first-order chi connectivity index (χ1) is 8.49. The number of aryl methyl sites for hydroxylation is 1. The number of hydrogen-bond donors (Lipinski definition) is 1. The van der Waals surface area contributed by atoms with Crippen molar-refractivity contribution in [1.82, 2.24) is 4.90 Å². The Morgan fingerprint density at radius 2 is 2.28 bits per heavy atom. The van der Waals surface area contributed by atoms with Crippen LogP contribution in [0.25, 0.3) is 0 Å². The van der Waals surface area contributed by atoms with E-state index in [-0.39, 0.29) is 17.6 Å². The number of hydrogen-bond acceptors (Lipinski definition) is 4. The number of carbonyl (C=O) groups is 1. The van der Waals surface area contributed by atoms with E-state index in [4.69, 9.17) is 5.73 Å². The second-order valence-electron chi connectivity index (χ2n) is 4.56. The third-order valence-corrected chi connectivity index (χ3v) is 3.16. The number of rotatable bonds is 2. The summed E-state index contributed by atoms with van der Waals surface area (Å²) >= 11 is 0. The Morgan fingerprint density at radius 3 is 2.83 bits per heavy atom. The smallest absolute Gasteiger partial charge is 0.273 e. The van der Waals surface area contributed by atoms with Crippen LogP contribution in [0.3, 0.4) is 0 Å². The maximum atomic E-state index is 12.1. The third-order valence-electron chi connectivity index (χ3n) is 3.16. The molecule has 1 aliphatic rings. The molecule has 18 heavy (non-hydrogen) atoms. The molecule has 96 valence electrons. The lowest BCUT2D eigenvalue weighted by molar-refractivity contribution is -0.385. The third kappa shape index (κ3) is 2.33. The van der Waals surface area contributed by atoms with Gasteiger partial charge in [-0.15, -0.1) is 0 Å². The minimum Gasteiger partial charge on any atom is -0.337 e. The zero-order valence-corrected chi connectivity index (χ0v) is 10.1. The number of benzene rings is 1. The van der Waals surface area contributed by atoms with Gasteiger partial charge >= 0.3 is 0 Å². The first-order valence-electron chi connectivity index (χ1n) is 5.79. The van der Waals surface area contributed by atoms with Crippen LogP contribution in [0.1, 0.15) is 22.3 Å². The quantitative estimate of drug-likeness (QED) is 0.627. The van der Waals surface area contributed by atoms with Crippen molar-refractivity contribution >= 4 is 11.6 Å². The fourth-order valence-corrected chi connectivity index (χ4v) is 2.09. The Hall–Kier alpha value is -1.95. The summed E-state index contributed by atoms with van der Waals surface area (Å²) in [5.74, 6) is -0.189. The Labute approximate surface area is 105 Å². The van der Waals surface area contributed by atoms with Crippen molar-refractivity contribution in [2.75, 3.05) is 13.1 Å². The molecule has 1 aromatic carbocycles. The van der Waals surface area contributed by atoms with Crippen molar-refractivity contribution in [3.05, 3.63) is 39.4 Å². The number of nitro groups is 1. The molecule has 1 aliphatic heterocycles. The molecule has 0 saturated carbocycles. The van der Waals surface area contributed by atoms with Gasteiger partial charge in [0, 0.05) is 36.3 Å². The fraction of sp³-hybridized carbons (Fsp3) is 0.417. The van der Waals surface area contributed by atoms with Crippen LogP contribution in [-0.2, 0) is 0 Å². The van der Waals surface area contributed by atoms with E-state index in [1.165, 1.54) is 6.07 Å². The summed E-state index contributed by atoms with van der Waals surface area (Å²) in [6.07, 6.45) is 0.777. The highest BCUT2D eigenvalue weighted by molar-refractivity contribution is 5.95. The largest absolute Gasteiger partial charge is 0.337 e. The summed E-state index contributed by atoms with van der Waals surface area (Å²) in [5.41, 5.74) is 6.62. The first kappa shape index (κ1) is 12.5. The molecule has 0 spiro atoms. The molecule has 6 nitrogen and oxygen atoms in total. The molecule has 1 saturated heterocycles. The predicted octanol–water partition coefficient (Wildman–Crippen LogP) is 1.08. The van der Waals surface area contributed by atoms with E-state index in [2.05, 4.69) is 0 Å². The highest BCUT2D eigenvalue weighted by atomic mass is 16.6. The maximum absolute atomic E-state index is 12.1. The molecule has 1 unspecified atom stereocenters. The van der Waals surface area contributed by atoms with Gasteiger partial charge in [-0.1, -0.05) is 6.07 Å². The van der Waals surface area contributed by atoms with Gasteiger partial charge < -0.3 is 10.6 Å². The SMILES string of the molecule is Cc1ccc(C(=O)N2CCC(N)C2)cc1[N+](=O)[O-]. The molecular weight excluding hydrogens is 234 g/mol. The van der Waals surface area contributed by atoms with E-state index < -0.39 is 4.92 Å². The van der Waals surface area contributed by atoms with Crippen LogP contribution < -0.4 is 5.73 Å². The molecular formula is C12H15N3O3. The van der Waals surface area contributed by atoms with E-state index in [0.717, 1.165) is 6.42 Å². The number of likely N-dealkylation sites (tertiary alicyclic amines) is 1. The summed E-state index contributed by atoms with van der Waals surface area (Å²) < 4.78 is 0. The molecule has 6 heteroatoms. The lowest BCUT2D eigenvalue weighted by Gasteiger charge is -2.15. The highest BCUT2D eigenvalue weighted by Gasteiger charge is 2.25. The van der Waals surface area contributed by atoms with Gasteiger partial charge in [-0.3, -0.25) is 14.9 Å². The van der Waals surface area contributed by atoms with Gasteiger partial charge in [-0.2, -0.15) is 0 Å². The molecule has 0 radical (unpaired) electrons. The van der Waals surface area contributed by atoms with Crippen molar-refractivity contribution in [2.24, 2.45) is 5.73 Å². The van der Waals surface area contributed by atoms with Crippen LogP contribution in [0.15, 0.2) is 18.2 Å². The summed E-state index contributed by atoms with van der Waals surface area (Å²) in [6.45, 7) is 2.78. The molecule has 1 aromatic rings. The molecule has 0 bridgehead atoms. The van der Waals surface area contributed by atoms with Crippen LogP contribution in [-0.4, -0.2) is 34.9 Å². The second kappa shape index (κ2) is 4.73. The molecule has 1 atom stereocenters. The Bertz CT molecular complexity index is 501. The molecule has 0 aliphatic carbocycles. The fourth-order valence-electron chi connectivity index (χ4n) is 2.09. The maximum Gasteiger partial charge on any atom is 0.273 e. The van der Waals surface area contributed by atoms with Crippen LogP contribution in [0.5, 0.6) is 0 Å². The lowest BCUT2D eigenvalue weighted by atomic mass is 10.1. The number of amides is 1. The number of nitrogens with zero attached hydrogens (tertiary/aromatic N) is 2. The van der Waals surface area contributed by atoms with E-state index in [1.807, 2.05) is 0 Å². The average Bonchev–Trinajstić information content (AvgIpc) is 2.75. The number of nitrogens with two attached hydrogens (primary N) is 1. The Morgan fingerprint density at radius 1 is 1.56 bits per heavy atom. The van der Waals surface area contributed by atoms with E-state index in [9.17, 15) is 14.9 Å². The summed E-state index contributed by atoms with van der Waals surface area (Å²) in [5, 5.41) is 10.8. The molecule has 1 fully saturated rings. The minimum absolute atomic E-state index is 0.00869. The van der Waals surface area contributed by atoms with Crippen LogP contribution >= 0.6 is 0 Å². The molecule has 0 aromatic heterocycles. The van der Waals surface area contributed by atoms with E-state index in [0.29, 0.717) is 24.2 Å². The van der Waals surface area contributed by atoms with Crippen molar-refractivity contribution in [3.63, 3.8) is 0 Å². The average molecular weight is 249 g/mol. The van der Waals surface area contributed by atoms with Crippen molar-refractivity contribution < 1.29 is 9.72 Å². The molecule has 2 N–H and O–H groups in total. The van der Waals surface area contributed by atoms with Gasteiger partial charge in [-0.25, -0.2) is 0 Å². The molecule has 1 heterocycles. The summed E-state index contributed by atoms with van der Waals surface area (Å²) in [6, 6.07) is 4.56. The van der Waals surface area contributed by atoms with Gasteiger partial charge in [0.2, 0.25) is 0 Å². The Kier molecular flexibility index (Phi) is 3.29. The Balaban J connectivity index is 2.26. The van der Waals surface area contributed by atoms with Crippen LogP contribution in [0.4, 0.5) is 5.69 Å². The predicted molar refractivity (Wildman–Crippen MR) is 66.3 cm³/mol. The monoisotopic (exact) mass is 249 g/mol.